The van der Waals surface area contributed by atoms with E-state index < -0.39 is 5.60 Å². The van der Waals surface area contributed by atoms with Crippen LogP contribution in [0, 0.1) is 40.8 Å². The first kappa shape index (κ1) is 25.2. The van der Waals surface area contributed by atoms with Crippen LogP contribution < -0.4 is 5.73 Å². The van der Waals surface area contributed by atoms with Crippen LogP contribution in [0.5, 0.6) is 0 Å². The zero-order valence-corrected chi connectivity index (χ0v) is 21.4. The number of hydrogen-bond acceptors (Lipinski definition) is 4. The Kier molecular flexibility index (Phi) is 6.65. The molecule has 0 saturated carbocycles. The van der Waals surface area contributed by atoms with E-state index in [1.807, 2.05) is 31.3 Å². The van der Waals surface area contributed by atoms with Gasteiger partial charge < -0.3 is 5.73 Å². The summed E-state index contributed by atoms with van der Waals surface area (Å²) in [5.74, 6) is 2.71. The number of hydrogen-bond donors (Lipinski definition) is 1. The Hall–Kier alpha value is -3.48. The summed E-state index contributed by atoms with van der Waals surface area (Å²) < 4.78 is 14.7. The van der Waals surface area contributed by atoms with Gasteiger partial charge in [0.05, 0.1) is 24.2 Å². The maximum atomic E-state index is 14.7. The third-order valence-corrected chi connectivity index (χ3v) is 8.41. The number of nitrogens with two attached hydrogens (primary N) is 1. The molecule has 3 aromatic rings. The molecule has 37 heavy (non-hydrogen) atoms. The maximum absolute atomic E-state index is 14.7. The van der Waals surface area contributed by atoms with Gasteiger partial charge in [-0.2, -0.15) is 10.3 Å². The number of rotatable bonds is 6. The van der Waals surface area contributed by atoms with Crippen LogP contribution in [0.25, 0.3) is 11.1 Å². The van der Waals surface area contributed by atoms with Gasteiger partial charge in [0.25, 0.3) is 0 Å². The summed E-state index contributed by atoms with van der Waals surface area (Å²) in [4.78, 5) is 6.91. The Morgan fingerprint density at radius 3 is 2.59 bits per heavy atom. The van der Waals surface area contributed by atoms with Crippen molar-refractivity contribution < 1.29 is 9.23 Å². The molecule has 2 aliphatic rings. The molecular weight excluding hydrogens is 461 g/mol. The van der Waals surface area contributed by atoms with Crippen LogP contribution in [0.4, 0.5) is 4.39 Å². The Labute approximate surface area is 218 Å². The van der Waals surface area contributed by atoms with Gasteiger partial charge in [0.1, 0.15) is 11.4 Å². The van der Waals surface area contributed by atoms with Gasteiger partial charge in [-0.25, -0.2) is 4.39 Å². The smallest absolute Gasteiger partial charge is 0.135 e. The monoisotopic (exact) mass is 493 g/mol. The van der Waals surface area contributed by atoms with E-state index in [0.29, 0.717) is 18.4 Å². The van der Waals surface area contributed by atoms with Crippen LogP contribution in [0.1, 0.15) is 47.6 Å². The number of nitrogens with zero attached hydrogens (tertiary/aromatic N) is 2. The summed E-state index contributed by atoms with van der Waals surface area (Å²) in [5, 5.41) is 11.1. The van der Waals surface area contributed by atoms with E-state index in [4.69, 9.17) is 17.0 Å². The number of nitriles is 1. The average molecular weight is 494 g/mol. The van der Waals surface area contributed by atoms with Gasteiger partial charge in [-0.3, -0.25) is 4.84 Å². The van der Waals surface area contributed by atoms with Crippen molar-refractivity contribution in [1.29, 1.82) is 5.26 Å². The predicted octanol–water partition coefficient (Wildman–Crippen LogP) is 5.73. The molecule has 0 aromatic heterocycles. The van der Waals surface area contributed by atoms with Gasteiger partial charge in [0.15, 0.2) is 0 Å². The van der Waals surface area contributed by atoms with Crippen molar-refractivity contribution >= 4 is 0 Å². The molecule has 4 nitrogen and oxygen atoms in total. The van der Waals surface area contributed by atoms with E-state index in [1.165, 1.54) is 5.56 Å². The van der Waals surface area contributed by atoms with Gasteiger partial charge in [-0.1, -0.05) is 49.2 Å². The van der Waals surface area contributed by atoms with Crippen LogP contribution in [0.2, 0.25) is 0 Å². The summed E-state index contributed by atoms with van der Waals surface area (Å²) in [7, 11) is 1.84. The topological polar surface area (TPSA) is 62.3 Å². The van der Waals surface area contributed by atoms with Gasteiger partial charge in [0, 0.05) is 12.5 Å². The fraction of sp³-hybridized carbons (Fsp3) is 0.344. The van der Waals surface area contributed by atoms with Crippen molar-refractivity contribution in [2.75, 3.05) is 13.7 Å². The first-order valence-corrected chi connectivity index (χ1v) is 12.9. The van der Waals surface area contributed by atoms with Crippen molar-refractivity contribution in [3.63, 3.8) is 0 Å². The second kappa shape index (κ2) is 9.77. The Balaban J connectivity index is 1.74. The van der Waals surface area contributed by atoms with E-state index in [-0.39, 0.29) is 23.8 Å². The van der Waals surface area contributed by atoms with Crippen molar-refractivity contribution in [2.24, 2.45) is 17.1 Å². The number of hydroxylamine groups is 2. The zero-order chi connectivity index (χ0) is 26.2. The van der Waals surface area contributed by atoms with Crippen LogP contribution >= 0.6 is 0 Å². The van der Waals surface area contributed by atoms with Crippen molar-refractivity contribution in [2.45, 2.75) is 44.6 Å². The highest BCUT2D eigenvalue weighted by Crippen LogP contribution is 2.62. The number of benzene rings is 3. The highest BCUT2D eigenvalue weighted by atomic mass is 19.1. The average Bonchev–Trinajstić information content (AvgIpc) is 3.17. The lowest BCUT2D eigenvalue weighted by Crippen LogP contribution is -2.55. The Morgan fingerprint density at radius 2 is 1.86 bits per heavy atom. The molecule has 3 aromatic carbocycles. The van der Waals surface area contributed by atoms with E-state index in [0.717, 1.165) is 47.1 Å². The molecular formula is C32H32FN3O. The van der Waals surface area contributed by atoms with Gasteiger partial charge in [0.2, 0.25) is 0 Å². The first-order valence-electron chi connectivity index (χ1n) is 12.9. The number of terminal acetylenes is 1. The molecule has 0 amide bonds. The first-order chi connectivity index (χ1) is 17.9. The lowest BCUT2D eigenvalue weighted by atomic mass is 9.58. The van der Waals surface area contributed by atoms with Crippen LogP contribution in [0.3, 0.4) is 0 Å². The Morgan fingerprint density at radius 1 is 1.11 bits per heavy atom. The fourth-order valence-electron chi connectivity index (χ4n) is 6.71. The quantitative estimate of drug-likeness (QED) is 0.271. The summed E-state index contributed by atoms with van der Waals surface area (Å²) in [6.45, 7) is 2.31. The highest BCUT2D eigenvalue weighted by Gasteiger charge is 2.63. The molecule has 0 aliphatic heterocycles. The summed E-state index contributed by atoms with van der Waals surface area (Å²) in [6, 6.07) is 21.7. The molecule has 5 rings (SSSR count). The normalized spacial score (nSPS) is 22.8. The number of fused-ring (bicyclic) bond motifs is 2. The molecule has 3 atom stereocenters. The minimum absolute atomic E-state index is 0.142. The van der Waals surface area contributed by atoms with Crippen molar-refractivity contribution in [3.05, 3.63) is 94.3 Å². The molecule has 0 saturated heterocycles. The second-order valence-electron chi connectivity index (χ2n) is 10.3. The van der Waals surface area contributed by atoms with Crippen LogP contribution in [0.15, 0.2) is 60.7 Å². The maximum Gasteiger partial charge on any atom is 0.135 e. The SMILES string of the molecule is C#CC(CC)C1(ON(C)CN)c2cc(-c3cccc(C#N)c3)ccc2CC12CCc1c(F)cccc1C2. The standard InChI is InChI=1S/C32H32FN3O/c1-4-27(5-2)32(37-36(3)21-35)29-17-24(23-9-6-8-22(16-23)20-34)12-13-26(29)19-31(32)15-14-28-25(18-31)10-7-11-30(28)33/h1,6-13,16-17,27H,5,14-15,18-19,21,35H2,2-3H3. The largest absolute Gasteiger partial charge is 0.316 e. The number of halogens is 1. The highest BCUT2D eigenvalue weighted by molar-refractivity contribution is 5.68. The predicted molar refractivity (Wildman–Crippen MR) is 143 cm³/mol. The molecule has 3 unspecified atom stereocenters. The van der Waals surface area contributed by atoms with E-state index in [1.54, 1.807) is 23.3 Å². The molecule has 0 heterocycles. The summed E-state index contributed by atoms with van der Waals surface area (Å²) in [6.07, 6.45) is 9.81. The molecule has 2 N–H and O–H groups in total. The minimum Gasteiger partial charge on any atom is -0.316 e. The Bertz CT molecular complexity index is 1420. The molecule has 188 valence electrons. The van der Waals surface area contributed by atoms with E-state index >= 15 is 0 Å². The summed E-state index contributed by atoms with van der Waals surface area (Å²) in [5.41, 5.74) is 11.5. The van der Waals surface area contributed by atoms with E-state index in [9.17, 15) is 9.65 Å². The molecule has 2 aliphatic carbocycles. The molecule has 0 bridgehead atoms. The zero-order valence-electron chi connectivity index (χ0n) is 21.4. The lowest BCUT2D eigenvalue weighted by Gasteiger charge is -2.52. The molecule has 0 radical (unpaired) electrons. The van der Waals surface area contributed by atoms with Crippen LogP contribution in [-0.4, -0.2) is 18.8 Å². The van der Waals surface area contributed by atoms with Gasteiger partial charge in [-0.15, -0.1) is 6.42 Å². The van der Waals surface area contributed by atoms with Crippen LogP contribution in [-0.2, 0) is 29.7 Å². The summed E-state index contributed by atoms with van der Waals surface area (Å²) >= 11 is 0. The third kappa shape index (κ3) is 3.95. The van der Waals surface area contributed by atoms with Crippen molar-refractivity contribution in [1.82, 2.24) is 5.06 Å². The molecule has 1 spiro atoms. The molecule has 0 fully saturated rings. The van der Waals surface area contributed by atoms with Gasteiger partial charge >= 0.3 is 0 Å². The third-order valence-electron chi connectivity index (χ3n) is 8.41. The molecule has 5 heteroatoms. The second-order valence-corrected chi connectivity index (χ2v) is 10.3. The van der Waals surface area contributed by atoms with E-state index in [2.05, 4.69) is 37.1 Å². The lowest BCUT2D eigenvalue weighted by molar-refractivity contribution is -0.295. The minimum atomic E-state index is -0.840. The van der Waals surface area contributed by atoms with Crippen molar-refractivity contribution in [3.8, 4) is 29.5 Å². The fourth-order valence-corrected chi connectivity index (χ4v) is 6.71. The van der Waals surface area contributed by atoms with Gasteiger partial charge in [-0.05, 0) is 89.8 Å².